The van der Waals surface area contributed by atoms with E-state index in [1.54, 1.807) is 18.2 Å². The molecule has 174 valence electrons. The second kappa shape index (κ2) is 9.70. The smallest absolute Gasteiger partial charge is 0.251 e. The molecular formula is C22H29N3O5S2. The van der Waals surface area contributed by atoms with E-state index in [2.05, 4.69) is 5.32 Å². The van der Waals surface area contributed by atoms with Gasteiger partial charge in [0.25, 0.3) is 5.91 Å². The third kappa shape index (κ3) is 5.03. The predicted molar refractivity (Wildman–Crippen MR) is 122 cm³/mol. The Morgan fingerprint density at radius 1 is 1.03 bits per heavy atom. The summed E-state index contributed by atoms with van der Waals surface area (Å²) in [5, 5.41) is 2.71. The molecule has 2 aromatic rings. The minimum absolute atomic E-state index is 0.0212. The van der Waals surface area contributed by atoms with Crippen molar-refractivity contribution in [1.29, 1.82) is 0 Å². The van der Waals surface area contributed by atoms with Gasteiger partial charge in [0.1, 0.15) is 0 Å². The van der Waals surface area contributed by atoms with Crippen molar-refractivity contribution in [2.24, 2.45) is 0 Å². The summed E-state index contributed by atoms with van der Waals surface area (Å²) in [4.78, 5) is 12.9. The van der Waals surface area contributed by atoms with E-state index in [0.717, 1.165) is 23.6 Å². The van der Waals surface area contributed by atoms with E-state index in [1.807, 2.05) is 6.92 Å². The first-order chi connectivity index (χ1) is 15.0. The molecule has 1 saturated heterocycles. The van der Waals surface area contributed by atoms with Crippen molar-refractivity contribution in [3.05, 3.63) is 59.7 Å². The molecule has 3 rings (SSSR count). The first kappa shape index (κ1) is 24.4. The summed E-state index contributed by atoms with van der Waals surface area (Å²) in [7, 11) is -4.36. The van der Waals surface area contributed by atoms with Gasteiger partial charge in [0.05, 0.1) is 9.79 Å². The fourth-order valence-electron chi connectivity index (χ4n) is 3.72. The fraction of sp³-hybridized carbons (Fsp3) is 0.409. The molecule has 0 aliphatic carbocycles. The van der Waals surface area contributed by atoms with Crippen molar-refractivity contribution in [3.63, 3.8) is 0 Å². The number of rotatable bonds is 7. The van der Waals surface area contributed by atoms with Crippen LogP contribution in [0.4, 0.5) is 0 Å². The zero-order chi connectivity index (χ0) is 23.5. The maximum atomic E-state index is 12.9. The monoisotopic (exact) mass is 479 g/mol. The molecule has 2 aromatic carbocycles. The van der Waals surface area contributed by atoms with Crippen LogP contribution in [0, 0.1) is 0 Å². The number of nitrogens with one attached hydrogen (secondary N) is 1. The Morgan fingerprint density at radius 3 is 2.31 bits per heavy atom. The fourth-order valence-corrected chi connectivity index (χ4v) is 6.53. The molecule has 1 fully saturated rings. The van der Waals surface area contributed by atoms with E-state index in [0.29, 0.717) is 17.7 Å². The molecule has 1 N–H and O–H groups in total. The minimum Gasteiger partial charge on any atom is -0.348 e. The highest BCUT2D eigenvalue weighted by molar-refractivity contribution is 7.89. The highest BCUT2D eigenvalue weighted by Gasteiger charge is 2.31. The van der Waals surface area contributed by atoms with Gasteiger partial charge in [-0.1, -0.05) is 24.6 Å². The molecule has 0 spiro atoms. The van der Waals surface area contributed by atoms with Crippen molar-refractivity contribution in [3.8, 4) is 0 Å². The molecule has 1 amide bonds. The quantitative estimate of drug-likeness (QED) is 0.657. The SMILES string of the molecule is C[C@H]1CCCCN1S(=O)(=O)c1ccc(C(=O)NCc2ccccc2S(=O)(=O)N(C)C)cc1. The van der Waals surface area contributed by atoms with Crippen molar-refractivity contribution in [1.82, 2.24) is 13.9 Å². The normalized spacial score (nSPS) is 17.9. The summed E-state index contributed by atoms with van der Waals surface area (Å²) in [6, 6.07) is 12.3. The van der Waals surface area contributed by atoms with Gasteiger partial charge in [-0.15, -0.1) is 0 Å². The summed E-state index contributed by atoms with van der Waals surface area (Å²) in [5.41, 5.74) is 0.761. The van der Waals surface area contributed by atoms with Crippen LogP contribution in [-0.2, 0) is 26.6 Å². The Bertz CT molecular complexity index is 1180. The molecule has 1 aliphatic heterocycles. The molecule has 10 heteroatoms. The van der Waals surface area contributed by atoms with E-state index in [-0.39, 0.29) is 22.4 Å². The van der Waals surface area contributed by atoms with Crippen molar-refractivity contribution in [2.75, 3.05) is 20.6 Å². The number of benzene rings is 2. The number of carbonyl (C=O) groups is 1. The van der Waals surface area contributed by atoms with Crippen LogP contribution >= 0.6 is 0 Å². The van der Waals surface area contributed by atoms with Crippen molar-refractivity contribution < 1.29 is 21.6 Å². The molecule has 1 atom stereocenters. The first-order valence-electron chi connectivity index (χ1n) is 10.5. The van der Waals surface area contributed by atoms with Gasteiger partial charge in [-0.05, 0) is 55.7 Å². The van der Waals surface area contributed by atoms with E-state index in [1.165, 1.54) is 48.7 Å². The molecule has 0 aromatic heterocycles. The lowest BCUT2D eigenvalue weighted by Crippen LogP contribution is -2.41. The second-order valence-corrected chi connectivity index (χ2v) is 12.1. The van der Waals surface area contributed by atoms with Gasteiger partial charge in [-0.25, -0.2) is 21.1 Å². The van der Waals surface area contributed by atoms with Crippen LogP contribution in [-0.4, -0.2) is 58.0 Å². The van der Waals surface area contributed by atoms with Gasteiger partial charge in [0.2, 0.25) is 20.0 Å². The molecule has 1 heterocycles. The van der Waals surface area contributed by atoms with Gasteiger partial charge in [0.15, 0.2) is 0 Å². The number of piperidine rings is 1. The lowest BCUT2D eigenvalue weighted by molar-refractivity contribution is 0.0950. The topological polar surface area (TPSA) is 104 Å². The molecule has 0 unspecified atom stereocenters. The first-order valence-corrected chi connectivity index (χ1v) is 13.3. The molecule has 1 aliphatic rings. The zero-order valence-corrected chi connectivity index (χ0v) is 20.1. The Balaban J connectivity index is 1.73. The highest BCUT2D eigenvalue weighted by atomic mass is 32.2. The Morgan fingerprint density at radius 2 is 1.69 bits per heavy atom. The summed E-state index contributed by atoms with van der Waals surface area (Å²) >= 11 is 0. The number of sulfonamides is 2. The van der Waals surface area contributed by atoms with E-state index in [9.17, 15) is 21.6 Å². The molecule has 8 nitrogen and oxygen atoms in total. The standard InChI is InChI=1S/C22H29N3O5S2/c1-17-8-6-7-15-25(17)31(27,28)20-13-11-18(12-14-20)22(26)23-16-19-9-4-5-10-21(19)32(29,30)24(2)3/h4-5,9-14,17H,6-8,15-16H2,1-3H3,(H,23,26)/t17-/m0/s1. The van der Waals surface area contributed by atoms with Crippen LogP contribution in [0.25, 0.3) is 0 Å². The van der Waals surface area contributed by atoms with Crippen LogP contribution in [0.1, 0.15) is 42.1 Å². The lowest BCUT2D eigenvalue weighted by atomic mass is 10.1. The van der Waals surface area contributed by atoms with Gasteiger partial charge in [0, 0.05) is 38.8 Å². The molecule has 0 saturated carbocycles. The van der Waals surface area contributed by atoms with Crippen LogP contribution in [0.5, 0.6) is 0 Å². The zero-order valence-electron chi connectivity index (χ0n) is 18.5. The molecule has 0 radical (unpaired) electrons. The van der Waals surface area contributed by atoms with Crippen molar-refractivity contribution in [2.45, 2.75) is 48.6 Å². The second-order valence-electron chi connectivity index (χ2n) is 8.06. The largest absolute Gasteiger partial charge is 0.348 e. The number of nitrogens with zero attached hydrogens (tertiary/aromatic N) is 2. The van der Waals surface area contributed by atoms with E-state index in [4.69, 9.17) is 0 Å². The number of amides is 1. The van der Waals surface area contributed by atoms with Crippen LogP contribution in [0.15, 0.2) is 58.3 Å². The Hall–Kier alpha value is -2.27. The summed E-state index contributed by atoms with van der Waals surface area (Å²) in [6.07, 6.45) is 2.70. The van der Waals surface area contributed by atoms with Crippen molar-refractivity contribution >= 4 is 26.0 Å². The van der Waals surface area contributed by atoms with Gasteiger partial charge < -0.3 is 5.32 Å². The van der Waals surface area contributed by atoms with Gasteiger partial charge >= 0.3 is 0 Å². The summed E-state index contributed by atoms with van der Waals surface area (Å²) in [5.74, 6) is -0.419. The van der Waals surface area contributed by atoms with E-state index >= 15 is 0 Å². The highest BCUT2D eigenvalue weighted by Crippen LogP contribution is 2.25. The maximum Gasteiger partial charge on any atom is 0.251 e. The summed E-state index contributed by atoms with van der Waals surface area (Å²) in [6.45, 7) is 2.43. The number of carbonyl (C=O) groups excluding carboxylic acids is 1. The Kier molecular flexibility index (Phi) is 7.39. The lowest BCUT2D eigenvalue weighted by Gasteiger charge is -2.32. The number of hydrogen-bond acceptors (Lipinski definition) is 5. The summed E-state index contributed by atoms with van der Waals surface area (Å²) < 4.78 is 53.5. The minimum atomic E-state index is -3.65. The third-order valence-electron chi connectivity index (χ3n) is 5.64. The predicted octanol–water partition coefficient (Wildman–Crippen LogP) is 2.43. The van der Waals surface area contributed by atoms with E-state index < -0.39 is 26.0 Å². The van der Waals surface area contributed by atoms with Gasteiger partial charge in [-0.2, -0.15) is 4.31 Å². The molecular weight excluding hydrogens is 450 g/mol. The van der Waals surface area contributed by atoms with Crippen LogP contribution in [0.3, 0.4) is 0 Å². The van der Waals surface area contributed by atoms with Crippen LogP contribution in [0.2, 0.25) is 0 Å². The average molecular weight is 480 g/mol. The molecule has 32 heavy (non-hydrogen) atoms. The third-order valence-corrected chi connectivity index (χ3v) is 9.58. The average Bonchev–Trinajstić information content (AvgIpc) is 2.77. The maximum absolute atomic E-state index is 12.9. The molecule has 0 bridgehead atoms. The Labute approximate surface area is 190 Å². The van der Waals surface area contributed by atoms with Gasteiger partial charge in [-0.3, -0.25) is 4.79 Å². The van der Waals surface area contributed by atoms with Crippen LogP contribution < -0.4 is 5.32 Å². The number of hydrogen-bond donors (Lipinski definition) is 1.